The zero-order chi connectivity index (χ0) is 17.6. The van der Waals surface area contributed by atoms with Crippen LogP contribution in [0, 0.1) is 9.87 Å². The van der Waals surface area contributed by atoms with E-state index in [1.807, 2.05) is 17.0 Å². The minimum atomic E-state index is 0.140. The van der Waals surface area contributed by atoms with Gasteiger partial charge in [0.1, 0.15) is 5.75 Å². The number of carbonyl (C=O) groups excluding carboxylic acids is 1. The molecule has 0 spiro atoms. The quantitative estimate of drug-likeness (QED) is 0.779. The summed E-state index contributed by atoms with van der Waals surface area (Å²) in [4.78, 5) is 18.0. The number of amides is 1. The van der Waals surface area contributed by atoms with Crippen molar-refractivity contribution in [2.45, 2.75) is 32.1 Å². The maximum Gasteiger partial charge on any atom is 0.227 e. The molecular formula is C18H20N2O3S2. The molecule has 25 heavy (non-hydrogen) atoms. The topological polar surface area (TPSA) is 65.6 Å². The van der Waals surface area contributed by atoms with Crippen molar-refractivity contribution in [3.05, 3.63) is 32.1 Å². The van der Waals surface area contributed by atoms with Crippen molar-refractivity contribution in [1.82, 2.24) is 4.98 Å². The van der Waals surface area contributed by atoms with Crippen LogP contribution in [0.1, 0.15) is 35.3 Å². The number of thiazole rings is 1. The highest BCUT2D eigenvalue weighted by molar-refractivity contribution is 7.73. The molecule has 0 bridgehead atoms. The lowest BCUT2D eigenvalue weighted by Gasteiger charge is -2.32. The molecule has 4 rings (SSSR count). The second kappa shape index (κ2) is 6.46. The minimum Gasteiger partial charge on any atom is -0.495 e. The summed E-state index contributed by atoms with van der Waals surface area (Å²) in [5, 5.41) is 10.0. The molecule has 0 radical (unpaired) electrons. The summed E-state index contributed by atoms with van der Waals surface area (Å²) in [5.41, 5.74) is 3.18. The largest absolute Gasteiger partial charge is 0.495 e. The van der Waals surface area contributed by atoms with E-state index in [-0.39, 0.29) is 11.8 Å². The van der Waals surface area contributed by atoms with Gasteiger partial charge in [0, 0.05) is 19.4 Å². The molecule has 1 saturated carbocycles. The van der Waals surface area contributed by atoms with Crippen LogP contribution < -0.4 is 9.64 Å². The average molecular weight is 377 g/mol. The molecule has 1 aliphatic heterocycles. The molecule has 1 aromatic heterocycles. The van der Waals surface area contributed by atoms with Crippen molar-refractivity contribution in [3.63, 3.8) is 0 Å². The first-order chi connectivity index (χ1) is 12.1. The Morgan fingerprint density at radius 1 is 1.40 bits per heavy atom. The molecule has 2 heterocycles. The average Bonchev–Trinajstić information content (AvgIpc) is 3.35. The van der Waals surface area contributed by atoms with Gasteiger partial charge in [0.25, 0.3) is 0 Å². The van der Waals surface area contributed by atoms with Crippen LogP contribution in [0.25, 0.3) is 0 Å². The summed E-state index contributed by atoms with van der Waals surface area (Å²) in [6.07, 6.45) is 4.22. The number of carbonyl (C=O) groups is 1. The molecule has 2 N–H and O–H groups in total. The highest BCUT2D eigenvalue weighted by Crippen LogP contribution is 2.42. The Hall–Kier alpha value is -1.86. The number of aromatic amines is 1. The van der Waals surface area contributed by atoms with Crippen LogP contribution >= 0.6 is 23.6 Å². The minimum absolute atomic E-state index is 0.140. The fourth-order valence-electron chi connectivity index (χ4n) is 3.45. The van der Waals surface area contributed by atoms with Gasteiger partial charge in [-0.2, -0.15) is 0 Å². The summed E-state index contributed by atoms with van der Waals surface area (Å²) in [6, 6.07) is 3.96. The number of H-pyrrole nitrogens is 1. The molecular weight excluding hydrogens is 356 g/mol. The molecule has 1 aromatic carbocycles. The molecule has 132 valence electrons. The molecule has 1 amide bonds. The Morgan fingerprint density at radius 3 is 2.84 bits per heavy atom. The SMILES string of the molecule is COc1ccc(Cc2sc(=S)[nH]c2O)c2c1N(CC1CC1)C(=O)CC2. The summed E-state index contributed by atoms with van der Waals surface area (Å²) in [5.74, 6) is 1.68. The van der Waals surface area contributed by atoms with Gasteiger partial charge in [-0.15, -0.1) is 11.3 Å². The fraction of sp³-hybridized carbons (Fsp3) is 0.444. The smallest absolute Gasteiger partial charge is 0.227 e. The summed E-state index contributed by atoms with van der Waals surface area (Å²) >= 11 is 6.51. The molecule has 1 aliphatic carbocycles. The summed E-state index contributed by atoms with van der Waals surface area (Å²) < 4.78 is 6.13. The standard InChI is InChI=1S/C18H20N2O3S2/c1-23-13-6-4-11(8-14-17(22)19-18(24)25-14)12-5-7-15(21)20(16(12)13)9-10-2-3-10/h4,6,10,22H,2-3,5,7-9H2,1H3,(H,19,24). The van der Waals surface area contributed by atoms with Gasteiger partial charge in [0.05, 0.1) is 17.7 Å². The molecule has 0 atom stereocenters. The number of nitrogens with zero attached hydrogens (tertiary/aromatic N) is 1. The second-order valence-corrected chi connectivity index (χ2v) is 8.44. The van der Waals surface area contributed by atoms with Crippen molar-refractivity contribution in [2.75, 3.05) is 18.6 Å². The van der Waals surface area contributed by atoms with Crippen molar-refractivity contribution in [3.8, 4) is 11.6 Å². The van der Waals surface area contributed by atoms with Gasteiger partial charge < -0.3 is 19.7 Å². The molecule has 2 aliphatic rings. The van der Waals surface area contributed by atoms with E-state index in [0.717, 1.165) is 34.0 Å². The van der Waals surface area contributed by atoms with Crippen LogP contribution in [-0.4, -0.2) is 29.7 Å². The number of ether oxygens (including phenoxy) is 1. The van der Waals surface area contributed by atoms with Crippen molar-refractivity contribution < 1.29 is 14.6 Å². The van der Waals surface area contributed by atoms with E-state index in [2.05, 4.69) is 4.98 Å². The first-order valence-corrected chi connectivity index (χ1v) is 9.69. The zero-order valence-corrected chi connectivity index (χ0v) is 15.6. The van der Waals surface area contributed by atoms with Crippen LogP contribution in [0.15, 0.2) is 12.1 Å². The van der Waals surface area contributed by atoms with E-state index >= 15 is 0 Å². The van der Waals surface area contributed by atoms with Crippen molar-refractivity contribution in [2.24, 2.45) is 5.92 Å². The maximum atomic E-state index is 12.5. The molecule has 7 heteroatoms. The number of anilines is 1. The Balaban J connectivity index is 1.76. The van der Waals surface area contributed by atoms with E-state index < -0.39 is 0 Å². The van der Waals surface area contributed by atoms with Gasteiger partial charge >= 0.3 is 0 Å². The first-order valence-electron chi connectivity index (χ1n) is 8.47. The predicted octanol–water partition coefficient (Wildman–Crippen LogP) is 3.80. The number of nitrogens with one attached hydrogen (secondary N) is 1. The Bertz CT molecular complexity index is 883. The van der Waals surface area contributed by atoms with Crippen molar-refractivity contribution in [1.29, 1.82) is 0 Å². The number of hydrogen-bond acceptors (Lipinski definition) is 5. The predicted molar refractivity (Wildman–Crippen MR) is 100 cm³/mol. The van der Waals surface area contributed by atoms with Gasteiger partial charge in [0.15, 0.2) is 3.95 Å². The molecule has 0 unspecified atom stereocenters. The van der Waals surface area contributed by atoms with E-state index in [1.54, 1.807) is 7.11 Å². The number of benzene rings is 1. The Kier molecular flexibility index (Phi) is 4.29. The third-order valence-corrected chi connectivity index (χ3v) is 6.14. The lowest BCUT2D eigenvalue weighted by atomic mass is 9.93. The lowest BCUT2D eigenvalue weighted by molar-refractivity contribution is -0.119. The van der Waals surface area contributed by atoms with Gasteiger partial charge in [-0.3, -0.25) is 4.79 Å². The van der Waals surface area contributed by atoms with Gasteiger partial charge in [0.2, 0.25) is 11.8 Å². The van der Waals surface area contributed by atoms with Crippen molar-refractivity contribution >= 4 is 35.1 Å². The number of aromatic hydroxyl groups is 1. The Morgan fingerprint density at radius 2 is 2.20 bits per heavy atom. The van der Waals surface area contributed by atoms with Gasteiger partial charge in [-0.25, -0.2) is 0 Å². The lowest BCUT2D eigenvalue weighted by Crippen LogP contribution is -2.37. The maximum absolute atomic E-state index is 12.5. The van der Waals surface area contributed by atoms with E-state index in [0.29, 0.717) is 29.1 Å². The highest BCUT2D eigenvalue weighted by atomic mass is 32.1. The van der Waals surface area contributed by atoms with Crippen LogP contribution in [0.5, 0.6) is 11.6 Å². The third-order valence-electron chi connectivity index (χ3n) is 4.91. The van der Waals surface area contributed by atoms with Crippen LogP contribution in [-0.2, 0) is 17.6 Å². The summed E-state index contributed by atoms with van der Waals surface area (Å²) in [6.45, 7) is 0.778. The highest BCUT2D eigenvalue weighted by Gasteiger charge is 2.34. The van der Waals surface area contributed by atoms with Gasteiger partial charge in [-0.1, -0.05) is 6.07 Å². The van der Waals surface area contributed by atoms with E-state index in [1.165, 1.54) is 24.2 Å². The molecule has 2 aromatic rings. The fourth-order valence-corrected chi connectivity index (χ4v) is 4.60. The van der Waals surface area contributed by atoms with Gasteiger partial charge in [-0.05, 0) is 54.6 Å². The molecule has 5 nitrogen and oxygen atoms in total. The van der Waals surface area contributed by atoms with Crippen LogP contribution in [0.4, 0.5) is 5.69 Å². The first kappa shape index (κ1) is 16.6. The Labute approximate surface area is 155 Å². The monoisotopic (exact) mass is 376 g/mol. The number of aromatic nitrogens is 1. The third kappa shape index (κ3) is 3.18. The number of rotatable bonds is 5. The zero-order valence-electron chi connectivity index (χ0n) is 14.0. The number of methoxy groups -OCH3 is 1. The summed E-state index contributed by atoms with van der Waals surface area (Å²) in [7, 11) is 1.65. The number of fused-ring (bicyclic) bond motifs is 1. The molecule has 0 saturated heterocycles. The number of hydrogen-bond donors (Lipinski definition) is 2. The van der Waals surface area contributed by atoms with E-state index in [9.17, 15) is 9.90 Å². The molecule has 1 fully saturated rings. The van der Waals surface area contributed by atoms with Crippen LogP contribution in [0.2, 0.25) is 0 Å². The van der Waals surface area contributed by atoms with Crippen LogP contribution in [0.3, 0.4) is 0 Å². The second-order valence-electron chi connectivity index (χ2n) is 6.66. The van der Waals surface area contributed by atoms with E-state index in [4.69, 9.17) is 17.0 Å². The normalized spacial score (nSPS) is 16.8.